The van der Waals surface area contributed by atoms with Gasteiger partial charge in [0.15, 0.2) is 18.1 Å². The zero-order chi connectivity index (χ0) is 27.5. The van der Waals surface area contributed by atoms with Crippen LogP contribution in [0.4, 0.5) is 11.4 Å². The SMILES string of the molecule is CCOc1ccc(NC(=O)/C(C#N)=C/c2cc(Cl)c(OCC(=O)Nc3ccccc3Cl)c(OCC)c2)cc1. The number of para-hydroxylation sites is 1. The van der Waals surface area contributed by atoms with Crippen molar-refractivity contribution in [2.75, 3.05) is 30.5 Å². The summed E-state index contributed by atoms with van der Waals surface area (Å²) in [5.41, 5.74) is 1.24. The van der Waals surface area contributed by atoms with Crippen molar-refractivity contribution < 1.29 is 23.8 Å². The average molecular weight is 554 g/mol. The van der Waals surface area contributed by atoms with Gasteiger partial charge in [-0.25, -0.2) is 0 Å². The van der Waals surface area contributed by atoms with Crippen LogP contribution in [0.3, 0.4) is 0 Å². The van der Waals surface area contributed by atoms with E-state index in [4.69, 9.17) is 37.4 Å². The molecule has 0 spiro atoms. The topological polar surface area (TPSA) is 110 Å². The molecule has 8 nitrogen and oxygen atoms in total. The van der Waals surface area contributed by atoms with Crippen LogP contribution in [-0.2, 0) is 9.59 Å². The molecule has 2 N–H and O–H groups in total. The van der Waals surface area contributed by atoms with Crippen molar-refractivity contribution in [2.45, 2.75) is 13.8 Å². The van der Waals surface area contributed by atoms with Crippen molar-refractivity contribution in [2.24, 2.45) is 0 Å². The third-order valence-corrected chi connectivity index (χ3v) is 5.54. The highest BCUT2D eigenvalue weighted by molar-refractivity contribution is 6.33. The number of ether oxygens (including phenoxy) is 3. The Labute approximate surface area is 230 Å². The average Bonchev–Trinajstić information content (AvgIpc) is 2.89. The minimum atomic E-state index is -0.595. The fourth-order valence-electron chi connectivity index (χ4n) is 3.28. The molecule has 0 atom stereocenters. The summed E-state index contributed by atoms with van der Waals surface area (Å²) in [7, 11) is 0. The lowest BCUT2D eigenvalue weighted by Gasteiger charge is -2.15. The van der Waals surface area contributed by atoms with Gasteiger partial charge in [-0.15, -0.1) is 0 Å². The third kappa shape index (κ3) is 7.90. The second kappa shape index (κ2) is 13.9. The Morgan fingerprint density at radius 1 is 0.921 bits per heavy atom. The number of hydrogen-bond acceptors (Lipinski definition) is 6. The lowest BCUT2D eigenvalue weighted by atomic mass is 10.1. The molecule has 3 rings (SSSR count). The summed E-state index contributed by atoms with van der Waals surface area (Å²) in [6.07, 6.45) is 1.38. The van der Waals surface area contributed by atoms with Crippen molar-refractivity contribution in [1.29, 1.82) is 5.26 Å². The van der Waals surface area contributed by atoms with Crippen LogP contribution in [0, 0.1) is 11.3 Å². The number of halogens is 2. The van der Waals surface area contributed by atoms with Crippen LogP contribution in [0.1, 0.15) is 19.4 Å². The number of anilines is 2. The molecule has 0 aliphatic rings. The molecule has 0 unspecified atom stereocenters. The number of nitrogens with zero attached hydrogens (tertiary/aromatic N) is 1. The van der Waals surface area contributed by atoms with E-state index in [0.29, 0.717) is 34.3 Å². The van der Waals surface area contributed by atoms with Gasteiger partial charge in [-0.1, -0.05) is 35.3 Å². The van der Waals surface area contributed by atoms with Crippen molar-refractivity contribution in [3.05, 3.63) is 81.8 Å². The van der Waals surface area contributed by atoms with Crippen LogP contribution in [0.2, 0.25) is 10.0 Å². The maximum atomic E-state index is 12.7. The number of carbonyl (C=O) groups is 2. The van der Waals surface area contributed by atoms with E-state index in [1.165, 1.54) is 12.1 Å². The Morgan fingerprint density at radius 2 is 1.63 bits per heavy atom. The van der Waals surface area contributed by atoms with Gasteiger partial charge in [0.05, 0.1) is 28.9 Å². The summed E-state index contributed by atoms with van der Waals surface area (Å²) in [5.74, 6) is 0.0299. The van der Waals surface area contributed by atoms with E-state index < -0.39 is 11.8 Å². The monoisotopic (exact) mass is 553 g/mol. The zero-order valence-electron chi connectivity index (χ0n) is 20.7. The van der Waals surface area contributed by atoms with E-state index in [1.54, 1.807) is 61.5 Å². The Hall–Kier alpha value is -4.19. The van der Waals surface area contributed by atoms with E-state index in [1.807, 2.05) is 13.0 Å². The minimum absolute atomic E-state index is 0.136. The molecule has 0 heterocycles. The largest absolute Gasteiger partial charge is 0.494 e. The van der Waals surface area contributed by atoms with Gasteiger partial charge in [-0.05, 0) is 74.0 Å². The van der Waals surface area contributed by atoms with Gasteiger partial charge < -0.3 is 24.8 Å². The molecule has 196 valence electrons. The Kier molecular flexibility index (Phi) is 10.4. The lowest BCUT2D eigenvalue weighted by molar-refractivity contribution is -0.118. The molecular formula is C28H25Cl2N3O5. The maximum Gasteiger partial charge on any atom is 0.266 e. The van der Waals surface area contributed by atoms with Crippen LogP contribution in [0.15, 0.2) is 66.2 Å². The molecule has 0 aliphatic carbocycles. The second-order valence-corrected chi connectivity index (χ2v) is 8.48. The minimum Gasteiger partial charge on any atom is -0.494 e. The first kappa shape index (κ1) is 28.4. The summed E-state index contributed by atoms with van der Waals surface area (Å²) in [6, 6.07) is 18.6. The molecule has 0 saturated heterocycles. The van der Waals surface area contributed by atoms with Gasteiger partial charge in [0, 0.05) is 5.69 Å². The van der Waals surface area contributed by atoms with Crippen molar-refractivity contribution in [3.63, 3.8) is 0 Å². The fraction of sp³-hybridized carbons (Fsp3) is 0.179. The smallest absolute Gasteiger partial charge is 0.266 e. The summed E-state index contributed by atoms with van der Waals surface area (Å²) in [4.78, 5) is 25.1. The van der Waals surface area contributed by atoms with Gasteiger partial charge in [0.25, 0.3) is 11.8 Å². The normalized spacial score (nSPS) is 10.8. The summed E-state index contributed by atoms with van der Waals surface area (Å²) in [6.45, 7) is 4.11. The molecule has 3 aromatic carbocycles. The Balaban J connectivity index is 1.75. The molecular weight excluding hydrogens is 529 g/mol. The molecule has 0 aromatic heterocycles. The number of benzene rings is 3. The first-order chi connectivity index (χ1) is 18.3. The Bertz CT molecular complexity index is 1370. The number of hydrogen-bond donors (Lipinski definition) is 2. The van der Waals surface area contributed by atoms with E-state index in [2.05, 4.69) is 10.6 Å². The quantitative estimate of drug-likeness (QED) is 0.211. The fourth-order valence-corrected chi connectivity index (χ4v) is 3.73. The number of amides is 2. The van der Waals surface area contributed by atoms with Gasteiger partial charge >= 0.3 is 0 Å². The standard InChI is InChI=1S/C28H25Cl2N3O5/c1-3-36-21-11-9-20(10-12-21)32-28(35)19(16-31)13-18-14-23(30)27(25(15-18)37-4-2)38-17-26(34)33-24-8-6-5-7-22(24)29/h5-15H,3-4,17H2,1-2H3,(H,32,35)(H,33,34)/b19-13+. The predicted molar refractivity (Wildman–Crippen MR) is 148 cm³/mol. The van der Waals surface area contributed by atoms with Crippen LogP contribution < -0.4 is 24.8 Å². The van der Waals surface area contributed by atoms with Crippen molar-refractivity contribution >= 4 is 52.5 Å². The molecule has 2 amide bonds. The summed E-state index contributed by atoms with van der Waals surface area (Å²) < 4.78 is 16.7. The molecule has 38 heavy (non-hydrogen) atoms. The molecule has 0 bridgehead atoms. The van der Waals surface area contributed by atoms with Gasteiger partial charge in [0.2, 0.25) is 0 Å². The van der Waals surface area contributed by atoms with Crippen molar-refractivity contribution in [3.8, 4) is 23.3 Å². The third-order valence-electron chi connectivity index (χ3n) is 4.93. The molecule has 0 aliphatic heterocycles. The molecule has 0 fully saturated rings. The van der Waals surface area contributed by atoms with Crippen molar-refractivity contribution in [1.82, 2.24) is 0 Å². The highest BCUT2D eigenvalue weighted by atomic mass is 35.5. The number of nitriles is 1. The highest BCUT2D eigenvalue weighted by Crippen LogP contribution is 2.37. The number of nitrogens with one attached hydrogen (secondary N) is 2. The van der Waals surface area contributed by atoms with Gasteiger partial charge in [-0.3, -0.25) is 9.59 Å². The van der Waals surface area contributed by atoms with Gasteiger partial charge in [0.1, 0.15) is 17.4 Å². The first-order valence-electron chi connectivity index (χ1n) is 11.6. The van der Waals surface area contributed by atoms with E-state index in [9.17, 15) is 14.9 Å². The van der Waals surface area contributed by atoms with Crippen LogP contribution >= 0.6 is 23.2 Å². The van der Waals surface area contributed by atoms with E-state index in [0.717, 1.165) is 0 Å². The maximum absolute atomic E-state index is 12.7. The van der Waals surface area contributed by atoms with Gasteiger partial charge in [-0.2, -0.15) is 5.26 Å². The van der Waals surface area contributed by atoms with Crippen LogP contribution in [0.5, 0.6) is 17.2 Å². The van der Waals surface area contributed by atoms with Crippen LogP contribution in [-0.4, -0.2) is 31.6 Å². The van der Waals surface area contributed by atoms with E-state index in [-0.39, 0.29) is 35.3 Å². The second-order valence-electron chi connectivity index (χ2n) is 7.66. The first-order valence-corrected chi connectivity index (χ1v) is 12.4. The molecule has 10 heteroatoms. The van der Waals surface area contributed by atoms with Crippen LogP contribution in [0.25, 0.3) is 6.08 Å². The summed E-state index contributed by atoms with van der Waals surface area (Å²) >= 11 is 12.5. The van der Waals surface area contributed by atoms with E-state index >= 15 is 0 Å². The molecule has 0 radical (unpaired) electrons. The lowest BCUT2D eigenvalue weighted by Crippen LogP contribution is -2.20. The Morgan fingerprint density at radius 3 is 2.29 bits per heavy atom. The predicted octanol–water partition coefficient (Wildman–Crippen LogP) is 6.35. The highest BCUT2D eigenvalue weighted by Gasteiger charge is 2.16. The number of carbonyl (C=O) groups excluding carboxylic acids is 2. The molecule has 0 saturated carbocycles. The zero-order valence-corrected chi connectivity index (χ0v) is 22.2. The molecule has 3 aromatic rings. The number of rotatable bonds is 11. The summed E-state index contributed by atoms with van der Waals surface area (Å²) in [5, 5.41) is 15.5.